The monoisotopic (exact) mass is 406 g/mol. The Hall–Kier alpha value is -3.63. The highest BCUT2D eigenvalue weighted by Gasteiger charge is 2.17. The summed E-state index contributed by atoms with van der Waals surface area (Å²) in [6.07, 6.45) is 0. The molecule has 4 aromatic carbocycles. The molecule has 30 heavy (non-hydrogen) atoms. The first-order valence-electron chi connectivity index (χ1n) is 9.83. The Labute approximate surface area is 176 Å². The minimum Gasteiger partial charge on any atom is -0.456 e. The maximum atomic E-state index is 8.04. The van der Waals surface area contributed by atoms with E-state index in [1.807, 2.05) is 41.7 Å². The van der Waals surface area contributed by atoms with Gasteiger partial charge in [-0.15, -0.1) is 11.3 Å². The number of rotatable bonds is 2. The Morgan fingerprint density at radius 2 is 1.63 bits per heavy atom. The molecule has 0 saturated carbocycles. The highest BCUT2D eigenvalue weighted by molar-refractivity contribution is 7.26. The number of thiophene rings is 1. The van der Waals surface area contributed by atoms with Gasteiger partial charge in [0.1, 0.15) is 17.0 Å². The van der Waals surface area contributed by atoms with Gasteiger partial charge in [-0.25, -0.2) is 0 Å². The van der Waals surface area contributed by atoms with Crippen molar-refractivity contribution in [3.05, 3.63) is 83.9 Å². The van der Waals surface area contributed by atoms with Crippen LogP contribution in [0.5, 0.6) is 0 Å². The third kappa shape index (κ3) is 2.34. The molecule has 3 N–H and O–H groups in total. The van der Waals surface area contributed by atoms with E-state index in [0.717, 1.165) is 33.1 Å². The van der Waals surface area contributed by atoms with Gasteiger partial charge in [-0.1, -0.05) is 48.5 Å². The van der Waals surface area contributed by atoms with Crippen LogP contribution < -0.4 is 5.73 Å². The molecule has 0 amide bonds. The number of nitrogens with two attached hydrogens (primary N) is 1. The van der Waals surface area contributed by atoms with Gasteiger partial charge >= 0.3 is 0 Å². The maximum Gasteiger partial charge on any atom is 0.136 e. The average Bonchev–Trinajstić information content (AvgIpc) is 3.32. The highest BCUT2D eigenvalue weighted by Crippen LogP contribution is 2.41. The van der Waals surface area contributed by atoms with E-state index in [0.29, 0.717) is 5.56 Å². The van der Waals surface area contributed by atoms with Crippen LogP contribution in [0.25, 0.3) is 53.2 Å². The van der Waals surface area contributed by atoms with Crippen LogP contribution in [-0.2, 0) is 0 Å². The van der Waals surface area contributed by atoms with Crippen LogP contribution in [0.2, 0.25) is 0 Å². The van der Waals surface area contributed by atoms with Crippen molar-refractivity contribution in [1.29, 1.82) is 5.41 Å². The second-order valence-electron chi connectivity index (χ2n) is 7.64. The van der Waals surface area contributed by atoms with Crippen LogP contribution in [-0.4, -0.2) is 5.84 Å². The molecule has 0 bridgehead atoms. The van der Waals surface area contributed by atoms with Gasteiger partial charge in [0.2, 0.25) is 0 Å². The topological polar surface area (TPSA) is 63.0 Å². The molecule has 2 aromatic heterocycles. The Bertz CT molecular complexity index is 1640. The quantitative estimate of drug-likeness (QED) is 0.236. The van der Waals surface area contributed by atoms with Crippen molar-refractivity contribution < 1.29 is 4.42 Å². The highest BCUT2D eigenvalue weighted by atomic mass is 32.1. The summed E-state index contributed by atoms with van der Waals surface area (Å²) in [5.41, 5.74) is 11.7. The first-order valence-corrected chi connectivity index (χ1v) is 10.6. The van der Waals surface area contributed by atoms with E-state index in [4.69, 9.17) is 15.6 Å². The number of aryl methyl sites for hydroxylation is 1. The average molecular weight is 407 g/mol. The van der Waals surface area contributed by atoms with Gasteiger partial charge in [0.05, 0.1) is 0 Å². The summed E-state index contributed by atoms with van der Waals surface area (Å²) in [6, 6.07) is 25.0. The van der Waals surface area contributed by atoms with Crippen LogP contribution in [0.15, 0.2) is 77.2 Å². The second kappa shape index (κ2) is 6.18. The van der Waals surface area contributed by atoms with Crippen molar-refractivity contribution >= 4 is 59.3 Å². The third-order valence-electron chi connectivity index (χ3n) is 5.82. The van der Waals surface area contributed by atoms with Crippen molar-refractivity contribution in [2.75, 3.05) is 0 Å². The Kier molecular flexibility index (Phi) is 3.55. The van der Waals surface area contributed by atoms with Crippen molar-refractivity contribution in [2.24, 2.45) is 5.73 Å². The Morgan fingerprint density at radius 3 is 2.47 bits per heavy atom. The smallest absolute Gasteiger partial charge is 0.136 e. The molecule has 4 heteroatoms. The van der Waals surface area contributed by atoms with E-state index in [2.05, 4.69) is 49.4 Å². The second-order valence-corrected chi connectivity index (χ2v) is 8.69. The summed E-state index contributed by atoms with van der Waals surface area (Å²) >= 11 is 1.84. The lowest BCUT2D eigenvalue weighted by Crippen LogP contribution is -2.11. The molecule has 0 aliphatic carbocycles. The molecule has 144 valence electrons. The maximum absolute atomic E-state index is 8.04. The standard InChI is InChI=1S/C26H18N2OS/c1-14-5-2-7-17-19-13-15(11-12-22(19)30-25(14)17)16-6-3-9-20-23(16)24-18(26(27)28)8-4-10-21(24)29-20/h2-13H,1H3,(H3,27,28). The summed E-state index contributed by atoms with van der Waals surface area (Å²) in [6.45, 7) is 2.17. The van der Waals surface area contributed by atoms with E-state index < -0.39 is 0 Å². The SMILES string of the molecule is Cc1cccc2c1sc1ccc(-c3cccc4oc5cccc(C(=N)N)c5c34)cc12. The molecule has 6 aromatic rings. The minimum atomic E-state index is 0.0489. The van der Waals surface area contributed by atoms with Crippen LogP contribution in [0.1, 0.15) is 11.1 Å². The largest absolute Gasteiger partial charge is 0.456 e. The lowest BCUT2D eigenvalue weighted by Gasteiger charge is -2.06. The predicted molar refractivity (Wildman–Crippen MR) is 128 cm³/mol. The number of hydrogen-bond donors (Lipinski definition) is 2. The lowest BCUT2D eigenvalue weighted by molar-refractivity contribution is 0.669. The van der Waals surface area contributed by atoms with Gasteiger partial charge < -0.3 is 10.2 Å². The van der Waals surface area contributed by atoms with Crippen LogP contribution in [0.3, 0.4) is 0 Å². The van der Waals surface area contributed by atoms with Gasteiger partial charge in [0.25, 0.3) is 0 Å². The van der Waals surface area contributed by atoms with Gasteiger partial charge in [0, 0.05) is 36.5 Å². The number of fused-ring (bicyclic) bond motifs is 6. The van der Waals surface area contributed by atoms with Gasteiger partial charge in [-0.05, 0) is 47.9 Å². The molecule has 0 unspecified atom stereocenters. The number of hydrogen-bond acceptors (Lipinski definition) is 3. The molecular weight excluding hydrogens is 388 g/mol. The molecule has 0 saturated heterocycles. The molecule has 0 fully saturated rings. The van der Waals surface area contributed by atoms with Crippen molar-refractivity contribution in [2.45, 2.75) is 6.92 Å². The number of amidine groups is 1. The van der Waals surface area contributed by atoms with E-state index in [1.165, 1.54) is 25.7 Å². The van der Waals surface area contributed by atoms with Gasteiger partial charge in [-0.3, -0.25) is 5.41 Å². The summed E-state index contributed by atoms with van der Waals surface area (Å²) in [5.74, 6) is 0.0489. The number of benzene rings is 4. The lowest BCUT2D eigenvalue weighted by atomic mass is 9.96. The predicted octanol–water partition coefficient (Wildman–Crippen LogP) is 7.21. The summed E-state index contributed by atoms with van der Waals surface area (Å²) in [5, 5.41) is 12.5. The van der Waals surface area contributed by atoms with Gasteiger partial charge in [0.15, 0.2) is 0 Å². The number of nitrogens with one attached hydrogen (secondary N) is 1. The molecule has 6 rings (SSSR count). The molecule has 0 aliphatic heterocycles. The van der Waals surface area contributed by atoms with Crippen LogP contribution >= 0.6 is 11.3 Å². The normalized spacial score (nSPS) is 11.8. The zero-order valence-electron chi connectivity index (χ0n) is 16.3. The number of nitrogen functional groups attached to an aromatic ring is 1. The number of furan rings is 1. The third-order valence-corrected chi connectivity index (χ3v) is 7.14. The first kappa shape index (κ1) is 17.2. The summed E-state index contributed by atoms with van der Waals surface area (Å²) < 4.78 is 8.75. The van der Waals surface area contributed by atoms with Crippen LogP contribution in [0, 0.1) is 12.3 Å². The van der Waals surface area contributed by atoms with Crippen molar-refractivity contribution in [1.82, 2.24) is 0 Å². The van der Waals surface area contributed by atoms with Gasteiger partial charge in [-0.2, -0.15) is 0 Å². The molecule has 0 spiro atoms. The minimum absolute atomic E-state index is 0.0489. The van der Waals surface area contributed by atoms with Crippen molar-refractivity contribution in [3.63, 3.8) is 0 Å². The van der Waals surface area contributed by atoms with E-state index >= 15 is 0 Å². The molecule has 3 nitrogen and oxygen atoms in total. The summed E-state index contributed by atoms with van der Waals surface area (Å²) in [7, 11) is 0. The van der Waals surface area contributed by atoms with Crippen LogP contribution in [0.4, 0.5) is 0 Å². The molecular formula is C26H18N2OS. The van der Waals surface area contributed by atoms with E-state index in [1.54, 1.807) is 0 Å². The Balaban J connectivity index is 1.71. The molecule has 0 radical (unpaired) electrons. The summed E-state index contributed by atoms with van der Waals surface area (Å²) in [4.78, 5) is 0. The zero-order valence-corrected chi connectivity index (χ0v) is 17.1. The fourth-order valence-electron chi connectivity index (χ4n) is 4.44. The molecule has 2 heterocycles. The van der Waals surface area contributed by atoms with E-state index in [9.17, 15) is 0 Å². The molecule has 0 atom stereocenters. The fourth-order valence-corrected chi connectivity index (χ4v) is 5.59. The first-order chi connectivity index (χ1) is 14.6. The fraction of sp³-hybridized carbons (Fsp3) is 0.0385. The zero-order chi connectivity index (χ0) is 20.4. The molecule has 0 aliphatic rings. The van der Waals surface area contributed by atoms with E-state index in [-0.39, 0.29) is 5.84 Å². The van der Waals surface area contributed by atoms with Crippen molar-refractivity contribution in [3.8, 4) is 11.1 Å². The Morgan fingerprint density at radius 1 is 0.867 bits per heavy atom.